The van der Waals surface area contributed by atoms with Crippen LogP contribution in [0.2, 0.25) is 0 Å². The highest BCUT2D eigenvalue weighted by Crippen LogP contribution is 2.41. The smallest absolute Gasteiger partial charge is 0.213 e. The summed E-state index contributed by atoms with van der Waals surface area (Å²) in [6, 6.07) is 34.9. The van der Waals surface area contributed by atoms with Crippen LogP contribution in [0.25, 0.3) is 11.3 Å². The molecule has 0 bridgehead atoms. The van der Waals surface area contributed by atoms with Crippen molar-refractivity contribution in [3.05, 3.63) is 109 Å². The molecule has 0 atom stereocenters. The van der Waals surface area contributed by atoms with Gasteiger partial charge in [-0.2, -0.15) is 4.57 Å². The zero-order valence-corrected chi connectivity index (χ0v) is 18.3. The fraction of sp³-hybridized carbons (Fsp3) is 0.207. The molecule has 0 saturated heterocycles. The summed E-state index contributed by atoms with van der Waals surface area (Å²) in [7, 11) is 0. The minimum atomic E-state index is 0.156. The number of hydrogen-bond donors (Lipinski definition) is 0. The van der Waals surface area contributed by atoms with Crippen LogP contribution in [-0.4, -0.2) is 0 Å². The first-order valence-electron chi connectivity index (χ1n) is 11.3. The molecule has 0 N–H and O–H groups in total. The molecule has 2 heterocycles. The van der Waals surface area contributed by atoms with Crippen molar-refractivity contribution in [1.82, 2.24) is 0 Å². The van der Waals surface area contributed by atoms with Gasteiger partial charge in [0.2, 0.25) is 5.69 Å². The lowest BCUT2D eigenvalue weighted by Gasteiger charge is -2.33. The van der Waals surface area contributed by atoms with E-state index in [9.17, 15) is 0 Å². The average molecular weight is 406 g/mol. The number of aromatic nitrogens is 1. The molecule has 1 aromatic heterocycles. The van der Waals surface area contributed by atoms with Gasteiger partial charge in [0.1, 0.15) is 0 Å². The van der Waals surface area contributed by atoms with Gasteiger partial charge in [-0.1, -0.05) is 56.3 Å². The summed E-state index contributed by atoms with van der Waals surface area (Å²) >= 11 is 0. The predicted molar refractivity (Wildman–Crippen MR) is 129 cm³/mol. The number of anilines is 3. The first-order valence-corrected chi connectivity index (χ1v) is 11.3. The van der Waals surface area contributed by atoms with Crippen LogP contribution >= 0.6 is 0 Å². The Kier molecular flexibility index (Phi) is 5.07. The van der Waals surface area contributed by atoms with E-state index in [1.807, 2.05) is 0 Å². The summed E-state index contributed by atoms with van der Waals surface area (Å²) in [6.07, 6.45) is 5.61. The number of rotatable bonds is 5. The summed E-state index contributed by atoms with van der Waals surface area (Å²) in [5, 5.41) is 0. The Bertz CT molecular complexity index is 1140. The summed E-state index contributed by atoms with van der Waals surface area (Å²) in [5.41, 5.74) is 7.78. The van der Waals surface area contributed by atoms with E-state index in [1.165, 1.54) is 33.9 Å². The molecular weight excluding hydrogens is 376 g/mol. The molecule has 3 aromatic carbocycles. The van der Waals surface area contributed by atoms with Crippen molar-refractivity contribution in [3.63, 3.8) is 0 Å². The lowest BCUT2D eigenvalue weighted by molar-refractivity contribution is -0.758. The second-order valence-electron chi connectivity index (χ2n) is 8.41. The summed E-state index contributed by atoms with van der Waals surface area (Å²) in [4.78, 5) is 2.34. The Morgan fingerprint density at radius 2 is 1.32 bits per heavy atom. The third-order valence-corrected chi connectivity index (χ3v) is 6.86. The topological polar surface area (TPSA) is 7.12 Å². The monoisotopic (exact) mass is 405 g/mol. The van der Waals surface area contributed by atoms with Crippen molar-refractivity contribution in [3.8, 4) is 11.3 Å². The molecule has 0 aliphatic carbocycles. The van der Waals surface area contributed by atoms with Gasteiger partial charge in [-0.25, -0.2) is 0 Å². The van der Waals surface area contributed by atoms with E-state index >= 15 is 0 Å². The van der Waals surface area contributed by atoms with E-state index in [0.29, 0.717) is 0 Å². The lowest BCUT2D eigenvalue weighted by atomic mass is 9.79. The molecule has 0 radical (unpaired) electrons. The quantitative estimate of drug-likeness (QED) is 0.319. The van der Waals surface area contributed by atoms with Crippen LogP contribution in [0.5, 0.6) is 0 Å². The molecule has 0 unspecified atom stereocenters. The summed E-state index contributed by atoms with van der Waals surface area (Å²) in [6.45, 7) is 4.64. The van der Waals surface area contributed by atoms with Crippen LogP contribution in [0.15, 0.2) is 103 Å². The van der Waals surface area contributed by atoms with Crippen molar-refractivity contribution < 1.29 is 4.57 Å². The summed E-state index contributed by atoms with van der Waals surface area (Å²) in [5.74, 6) is 0. The van der Waals surface area contributed by atoms with E-state index in [2.05, 4.69) is 127 Å². The van der Waals surface area contributed by atoms with E-state index in [1.54, 1.807) is 0 Å². The van der Waals surface area contributed by atoms with Gasteiger partial charge in [-0.15, -0.1) is 0 Å². The van der Waals surface area contributed by atoms with Crippen molar-refractivity contribution in [2.24, 2.45) is 0 Å². The lowest BCUT2D eigenvalue weighted by Crippen LogP contribution is -2.60. The van der Waals surface area contributed by atoms with Gasteiger partial charge in [0.15, 0.2) is 11.7 Å². The maximum atomic E-state index is 2.52. The maximum absolute atomic E-state index is 2.52. The maximum Gasteiger partial charge on any atom is 0.213 e. The fourth-order valence-corrected chi connectivity index (χ4v) is 5.05. The molecule has 1 aliphatic rings. The Morgan fingerprint density at radius 1 is 0.710 bits per heavy atom. The van der Waals surface area contributed by atoms with Crippen LogP contribution < -0.4 is 9.47 Å². The van der Waals surface area contributed by atoms with Crippen LogP contribution in [0.4, 0.5) is 17.1 Å². The molecule has 2 nitrogen and oxygen atoms in total. The van der Waals surface area contributed by atoms with Crippen molar-refractivity contribution in [1.29, 1.82) is 0 Å². The third-order valence-electron chi connectivity index (χ3n) is 6.86. The molecule has 1 aliphatic heterocycles. The van der Waals surface area contributed by atoms with Crippen LogP contribution in [-0.2, 0) is 12.0 Å². The van der Waals surface area contributed by atoms with Crippen LogP contribution in [0.1, 0.15) is 32.3 Å². The first kappa shape index (κ1) is 19.6. The molecule has 31 heavy (non-hydrogen) atoms. The normalized spacial score (nSPS) is 13.9. The zero-order valence-electron chi connectivity index (χ0n) is 18.3. The molecule has 0 fully saturated rings. The van der Waals surface area contributed by atoms with E-state index < -0.39 is 0 Å². The molecule has 5 rings (SSSR count). The van der Waals surface area contributed by atoms with Gasteiger partial charge in [-0.05, 0) is 48.0 Å². The number of para-hydroxylation sites is 2. The summed E-state index contributed by atoms with van der Waals surface area (Å²) < 4.78 is 2.52. The second kappa shape index (κ2) is 8.03. The van der Waals surface area contributed by atoms with E-state index in [4.69, 9.17) is 0 Å². The molecule has 154 valence electrons. The molecule has 0 saturated carbocycles. The van der Waals surface area contributed by atoms with Crippen molar-refractivity contribution >= 4 is 17.1 Å². The molecule has 0 amide bonds. The highest BCUT2D eigenvalue weighted by Gasteiger charge is 2.43. The minimum absolute atomic E-state index is 0.156. The largest absolute Gasteiger partial charge is 0.310 e. The average Bonchev–Trinajstić information content (AvgIpc) is 2.85. The Balaban J connectivity index is 1.69. The Labute approximate surface area is 185 Å². The fourth-order valence-electron chi connectivity index (χ4n) is 5.05. The molecule has 4 aromatic rings. The number of fused-ring (bicyclic) bond motifs is 3. The van der Waals surface area contributed by atoms with Gasteiger partial charge in [0.25, 0.3) is 0 Å². The van der Waals surface area contributed by atoms with Gasteiger partial charge in [0, 0.05) is 48.5 Å². The molecular formula is C29H29N2+. The van der Waals surface area contributed by atoms with Crippen molar-refractivity contribution in [2.45, 2.75) is 38.6 Å². The van der Waals surface area contributed by atoms with Crippen LogP contribution in [0, 0.1) is 0 Å². The van der Waals surface area contributed by atoms with Gasteiger partial charge in [0.05, 0.1) is 5.56 Å². The number of benzene rings is 3. The Hall–Kier alpha value is -3.39. The van der Waals surface area contributed by atoms with E-state index in [0.717, 1.165) is 19.3 Å². The minimum Gasteiger partial charge on any atom is -0.310 e. The standard InChI is InChI=1S/C29H29N2/c1-3-29(4-2)22-23-18-19-26(21-27(23)28-17-11-12-20-30(28)29)31(24-13-7-5-8-14-24)25-15-9-6-10-16-25/h5-21H,3-4,22H2,1-2H3/q+1. The zero-order chi connectivity index (χ0) is 21.3. The number of pyridine rings is 1. The Morgan fingerprint density at radius 3 is 1.94 bits per heavy atom. The van der Waals surface area contributed by atoms with Crippen LogP contribution in [0.3, 0.4) is 0 Å². The number of hydrogen-bond acceptors (Lipinski definition) is 1. The molecule has 0 spiro atoms. The van der Waals surface area contributed by atoms with Crippen molar-refractivity contribution in [2.75, 3.05) is 4.90 Å². The predicted octanol–water partition coefficient (Wildman–Crippen LogP) is 7.18. The van der Waals surface area contributed by atoms with Gasteiger partial charge in [-0.3, -0.25) is 0 Å². The highest BCUT2D eigenvalue weighted by molar-refractivity contribution is 5.80. The second-order valence-corrected chi connectivity index (χ2v) is 8.41. The first-order chi connectivity index (χ1) is 15.3. The highest BCUT2D eigenvalue weighted by atomic mass is 15.1. The molecule has 2 heteroatoms. The van der Waals surface area contributed by atoms with Gasteiger partial charge < -0.3 is 4.90 Å². The van der Waals surface area contributed by atoms with Gasteiger partial charge >= 0.3 is 0 Å². The SMILES string of the molecule is CCC1(CC)Cc2ccc(N(c3ccccc3)c3ccccc3)cc2-c2cccc[n+]21. The van der Waals surface area contributed by atoms with E-state index in [-0.39, 0.29) is 5.54 Å². The third kappa shape index (κ3) is 3.33. The number of nitrogens with zero attached hydrogens (tertiary/aromatic N) is 2.